The third-order valence-electron chi connectivity index (χ3n) is 3.63. The molecule has 0 radical (unpaired) electrons. The number of likely N-dealkylation sites (tertiary alicyclic amines) is 1. The number of rotatable bonds is 3. The van der Waals surface area contributed by atoms with Crippen molar-refractivity contribution in [2.24, 2.45) is 7.05 Å². The molecule has 1 N–H and O–H groups in total. The van der Waals surface area contributed by atoms with Crippen LogP contribution >= 0.6 is 0 Å². The standard InChI is InChI=1S/C13H18N4O2/c1-9-14-13(19-15-9)12-6-11(18)8-17(12)7-10-4-3-5-16(10)2/h3-5,11-12,18H,6-8H2,1-2H3/t11-,12-/m1/s1. The minimum absolute atomic E-state index is 0.00565. The van der Waals surface area contributed by atoms with Gasteiger partial charge in [-0.1, -0.05) is 5.16 Å². The van der Waals surface area contributed by atoms with Crippen molar-refractivity contribution in [3.05, 3.63) is 35.7 Å². The Hall–Kier alpha value is -1.66. The Bertz CT molecular complexity index is 562. The zero-order valence-electron chi connectivity index (χ0n) is 11.2. The fraction of sp³-hybridized carbons (Fsp3) is 0.538. The van der Waals surface area contributed by atoms with Gasteiger partial charge in [0.15, 0.2) is 5.82 Å². The summed E-state index contributed by atoms with van der Waals surface area (Å²) in [6.45, 7) is 3.21. The van der Waals surface area contributed by atoms with Crippen LogP contribution in [0.1, 0.15) is 29.9 Å². The van der Waals surface area contributed by atoms with Gasteiger partial charge in [0.05, 0.1) is 12.1 Å². The van der Waals surface area contributed by atoms with Crippen LogP contribution in [0.2, 0.25) is 0 Å². The van der Waals surface area contributed by atoms with Crippen LogP contribution in [0.3, 0.4) is 0 Å². The Morgan fingerprint density at radius 3 is 3.00 bits per heavy atom. The van der Waals surface area contributed by atoms with E-state index in [9.17, 15) is 5.11 Å². The van der Waals surface area contributed by atoms with E-state index >= 15 is 0 Å². The first-order chi connectivity index (χ1) is 9.13. The summed E-state index contributed by atoms with van der Waals surface area (Å²) >= 11 is 0. The molecule has 0 saturated carbocycles. The number of hydrogen-bond acceptors (Lipinski definition) is 5. The van der Waals surface area contributed by atoms with Crippen LogP contribution in [0.4, 0.5) is 0 Å². The Kier molecular flexibility index (Phi) is 3.12. The van der Waals surface area contributed by atoms with Gasteiger partial charge in [-0.15, -0.1) is 0 Å². The largest absolute Gasteiger partial charge is 0.392 e. The number of aryl methyl sites for hydroxylation is 2. The number of aliphatic hydroxyl groups excluding tert-OH is 1. The van der Waals surface area contributed by atoms with Crippen molar-refractivity contribution in [2.45, 2.75) is 32.0 Å². The van der Waals surface area contributed by atoms with E-state index in [-0.39, 0.29) is 12.1 Å². The van der Waals surface area contributed by atoms with Gasteiger partial charge in [-0.25, -0.2) is 0 Å². The van der Waals surface area contributed by atoms with Gasteiger partial charge in [-0.2, -0.15) is 4.98 Å². The lowest BCUT2D eigenvalue weighted by molar-refractivity contribution is 0.168. The van der Waals surface area contributed by atoms with Crippen LogP contribution in [-0.2, 0) is 13.6 Å². The average molecular weight is 262 g/mol. The maximum atomic E-state index is 9.90. The molecule has 19 heavy (non-hydrogen) atoms. The molecule has 3 rings (SSSR count). The molecular formula is C13H18N4O2. The smallest absolute Gasteiger partial charge is 0.244 e. The fourth-order valence-electron chi connectivity index (χ4n) is 2.63. The highest BCUT2D eigenvalue weighted by molar-refractivity contribution is 5.08. The molecule has 0 spiro atoms. The Morgan fingerprint density at radius 1 is 1.53 bits per heavy atom. The maximum Gasteiger partial charge on any atom is 0.244 e. The fourth-order valence-corrected chi connectivity index (χ4v) is 2.63. The second-order valence-corrected chi connectivity index (χ2v) is 5.13. The summed E-state index contributed by atoms with van der Waals surface area (Å²) in [5.41, 5.74) is 1.20. The van der Waals surface area contributed by atoms with Gasteiger partial charge in [0.25, 0.3) is 0 Å². The summed E-state index contributed by atoms with van der Waals surface area (Å²) in [5.74, 6) is 1.23. The summed E-state index contributed by atoms with van der Waals surface area (Å²) in [5, 5.41) is 13.7. The van der Waals surface area contributed by atoms with E-state index < -0.39 is 0 Å². The van der Waals surface area contributed by atoms with Crippen molar-refractivity contribution in [3.8, 4) is 0 Å². The maximum absolute atomic E-state index is 9.90. The topological polar surface area (TPSA) is 67.3 Å². The van der Waals surface area contributed by atoms with E-state index in [0.717, 1.165) is 6.54 Å². The van der Waals surface area contributed by atoms with E-state index in [4.69, 9.17) is 4.52 Å². The highest BCUT2D eigenvalue weighted by atomic mass is 16.5. The SMILES string of the molecule is Cc1noc([C@H]2C[C@@H](O)CN2Cc2cccn2C)n1. The lowest BCUT2D eigenvalue weighted by Gasteiger charge is -2.21. The first-order valence-electron chi connectivity index (χ1n) is 6.46. The molecule has 6 nitrogen and oxygen atoms in total. The van der Waals surface area contributed by atoms with Crippen molar-refractivity contribution in [3.63, 3.8) is 0 Å². The molecule has 3 heterocycles. The van der Waals surface area contributed by atoms with Crippen LogP contribution in [0.5, 0.6) is 0 Å². The summed E-state index contributed by atoms with van der Waals surface area (Å²) in [6.07, 6.45) is 2.33. The lowest BCUT2D eigenvalue weighted by atomic mass is 10.2. The number of nitrogens with zero attached hydrogens (tertiary/aromatic N) is 4. The summed E-state index contributed by atoms with van der Waals surface area (Å²) in [6, 6.07) is 4.11. The van der Waals surface area contributed by atoms with Crippen LogP contribution in [0.15, 0.2) is 22.9 Å². The van der Waals surface area contributed by atoms with Crippen molar-refractivity contribution in [1.29, 1.82) is 0 Å². The molecule has 1 fully saturated rings. The first-order valence-corrected chi connectivity index (χ1v) is 6.46. The second-order valence-electron chi connectivity index (χ2n) is 5.13. The zero-order valence-corrected chi connectivity index (χ0v) is 11.2. The minimum atomic E-state index is -0.336. The van der Waals surface area contributed by atoms with Crippen LogP contribution in [0, 0.1) is 6.92 Å². The Balaban J connectivity index is 1.81. The van der Waals surface area contributed by atoms with Crippen LogP contribution in [-0.4, -0.2) is 37.4 Å². The molecule has 1 saturated heterocycles. The van der Waals surface area contributed by atoms with E-state index in [1.807, 2.05) is 19.3 Å². The molecule has 0 amide bonds. The molecule has 1 aliphatic heterocycles. The van der Waals surface area contributed by atoms with E-state index in [1.54, 1.807) is 6.92 Å². The highest BCUT2D eigenvalue weighted by Crippen LogP contribution is 2.32. The van der Waals surface area contributed by atoms with Gasteiger partial charge in [-0.05, 0) is 25.5 Å². The quantitative estimate of drug-likeness (QED) is 0.894. The van der Waals surface area contributed by atoms with Crippen molar-refractivity contribution >= 4 is 0 Å². The predicted molar refractivity (Wildman–Crippen MR) is 68.2 cm³/mol. The van der Waals surface area contributed by atoms with Gasteiger partial charge < -0.3 is 14.2 Å². The number of β-amino-alcohol motifs (C(OH)–C–C–N with tert-alkyl or cyclic N) is 1. The van der Waals surface area contributed by atoms with Gasteiger partial charge in [0.1, 0.15) is 0 Å². The Labute approximate surface area is 111 Å². The highest BCUT2D eigenvalue weighted by Gasteiger charge is 2.35. The third kappa shape index (κ3) is 2.41. The van der Waals surface area contributed by atoms with E-state index in [1.165, 1.54) is 5.69 Å². The van der Waals surface area contributed by atoms with Gasteiger partial charge in [-0.3, -0.25) is 4.90 Å². The second kappa shape index (κ2) is 4.79. The van der Waals surface area contributed by atoms with Crippen molar-refractivity contribution < 1.29 is 9.63 Å². The molecule has 2 aromatic rings. The van der Waals surface area contributed by atoms with Crippen molar-refractivity contribution in [2.75, 3.05) is 6.54 Å². The molecule has 6 heteroatoms. The van der Waals surface area contributed by atoms with Gasteiger partial charge >= 0.3 is 0 Å². The molecular weight excluding hydrogens is 244 g/mol. The minimum Gasteiger partial charge on any atom is -0.392 e. The summed E-state index contributed by atoms with van der Waals surface area (Å²) in [7, 11) is 2.02. The molecule has 0 unspecified atom stereocenters. The molecule has 1 aliphatic rings. The van der Waals surface area contributed by atoms with E-state index in [2.05, 4.69) is 25.7 Å². The van der Waals surface area contributed by atoms with Crippen LogP contribution in [0.25, 0.3) is 0 Å². The molecule has 0 aromatic carbocycles. The molecule has 0 aliphatic carbocycles. The summed E-state index contributed by atoms with van der Waals surface area (Å²) < 4.78 is 7.34. The normalized spacial score (nSPS) is 24.2. The lowest BCUT2D eigenvalue weighted by Crippen LogP contribution is -2.25. The van der Waals surface area contributed by atoms with E-state index in [0.29, 0.717) is 24.7 Å². The van der Waals surface area contributed by atoms with Crippen LogP contribution < -0.4 is 0 Å². The number of hydrogen-bond donors (Lipinski definition) is 1. The van der Waals surface area contributed by atoms with Gasteiger partial charge in [0, 0.05) is 32.0 Å². The third-order valence-corrected chi connectivity index (χ3v) is 3.63. The monoisotopic (exact) mass is 262 g/mol. The molecule has 102 valence electrons. The molecule has 0 bridgehead atoms. The predicted octanol–water partition coefficient (Wildman–Crippen LogP) is 1.02. The van der Waals surface area contributed by atoms with Crippen molar-refractivity contribution in [1.82, 2.24) is 19.6 Å². The van der Waals surface area contributed by atoms with Gasteiger partial charge in [0.2, 0.25) is 5.89 Å². The Morgan fingerprint density at radius 2 is 2.37 bits per heavy atom. The molecule has 2 aromatic heterocycles. The molecule has 2 atom stereocenters. The first kappa shape index (κ1) is 12.4. The average Bonchev–Trinajstić information content (AvgIpc) is 3.03. The summed E-state index contributed by atoms with van der Waals surface area (Å²) in [4.78, 5) is 6.48. The number of aromatic nitrogens is 3. The zero-order chi connectivity index (χ0) is 13.4. The number of aliphatic hydroxyl groups is 1.